The van der Waals surface area contributed by atoms with Gasteiger partial charge in [0.15, 0.2) is 0 Å². The minimum Gasteiger partial charge on any atom is -0.266 e. The second-order valence-corrected chi connectivity index (χ2v) is 10.6. The van der Waals surface area contributed by atoms with E-state index in [9.17, 15) is 0 Å². The molecule has 2 nitrogen and oxygen atoms in total. The summed E-state index contributed by atoms with van der Waals surface area (Å²) in [6, 6.07) is 0.335. The van der Waals surface area contributed by atoms with Crippen molar-refractivity contribution in [3.63, 3.8) is 0 Å². The number of hydrogen-bond donors (Lipinski definition) is 0. The van der Waals surface area contributed by atoms with Crippen LogP contribution in [-0.4, -0.2) is 9.78 Å². The van der Waals surface area contributed by atoms with E-state index in [1.165, 1.54) is 50.3 Å². The van der Waals surface area contributed by atoms with Crippen molar-refractivity contribution >= 4 is 0 Å². The van der Waals surface area contributed by atoms with Gasteiger partial charge in [-0.1, -0.05) is 41.5 Å². The van der Waals surface area contributed by atoms with Crippen LogP contribution >= 0.6 is 0 Å². The van der Waals surface area contributed by atoms with Crippen LogP contribution in [0.25, 0.3) is 11.1 Å². The molecule has 2 rings (SSSR count). The van der Waals surface area contributed by atoms with E-state index in [1.54, 1.807) is 0 Å². The van der Waals surface area contributed by atoms with E-state index in [4.69, 9.17) is 5.10 Å². The second-order valence-electron chi connectivity index (χ2n) is 10.6. The number of rotatable bonds is 2. The third-order valence-electron chi connectivity index (χ3n) is 6.07. The molecule has 0 amide bonds. The first-order chi connectivity index (χ1) is 12.1. The fourth-order valence-electron chi connectivity index (χ4n) is 4.16. The Labute approximate surface area is 187 Å². The summed E-state index contributed by atoms with van der Waals surface area (Å²) in [5.74, 6) is 0. The molecule has 0 radical (unpaired) electrons. The predicted octanol–water partition coefficient (Wildman–Crippen LogP) is 7.27. The van der Waals surface area contributed by atoms with Crippen LogP contribution in [0.5, 0.6) is 0 Å². The van der Waals surface area contributed by atoms with E-state index in [0.29, 0.717) is 6.04 Å². The second kappa shape index (κ2) is 8.10. The largest absolute Gasteiger partial charge is 0.266 e. The minimum absolute atomic E-state index is 0. The van der Waals surface area contributed by atoms with Gasteiger partial charge in [-0.2, -0.15) is 5.10 Å². The van der Waals surface area contributed by atoms with Gasteiger partial charge in [-0.25, -0.2) is 0 Å². The summed E-state index contributed by atoms with van der Waals surface area (Å²) < 4.78 is 2.28. The third kappa shape index (κ3) is 4.18. The smallest absolute Gasteiger partial charge is 0.0759 e. The number of hydrogen-bond acceptors (Lipinski definition) is 1. The molecule has 0 aliphatic rings. The van der Waals surface area contributed by atoms with Crippen LogP contribution in [0, 0.1) is 34.6 Å². The normalized spacial score (nSPS) is 12.5. The van der Waals surface area contributed by atoms with Gasteiger partial charge >= 0.3 is 0 Å². The van der Waals surface area contributed by atoms with Gasteiger partial charge in [0.25, 0.3) is 0 Å². The molecule has 2 aromatic rings. The molecule has 28 heavy (non-hydrogen) atoms. The van der Waals surface area contributed by atoms with Crippen molar-refractivity contribution in [2.45, 2.75) is 107 Å². The van der Waals surface area contributed by atoms with Gasteiger partial charge in [-0.3, -0.25) is 4.68 Å². The van der Waals surface area contributed by atoms with Gasteiger partial charge in [0.2, 0.25) is 0 Å². The molecule has 1 aromatic carbocycles. The van der Waals surface area contributed by atoms with Crippen molar-refractivity contribution in [1.82, 2.24) is 9.78 Å². The molecule has 0 bridgehead atoms. The Morgan fingerprint density at radius 2 is 1.04 bits per heavy atom. The Bertz CT molecular complexity index is 843. The Morgan fingerprint density at radius 3 is 1.36 bits per heavy atom. The molecular formula is C25H40N2Pt. The van der Waals surface area contributed by atoms with Gasteiger partial charge in [0, 0.05) is 43.5 Å². The van der Waals surface area contributed by atoms with Crippen molar-refractivity contribution in [3.05, 3.63) is 39.2 Å². The standard InChI is InChI=1S/C25H40N2.Pt/c1-14(2)27-23(25(11,12)13)21(22(26-27)24(8,9)10)20-18(6)16(4)15(3)17(5)19(20)7;/h14H,1-13H3;. The van der Waals surface area contributed by atoms with Crippen molar-refractivity contribution in [2.75, 3.05) is 0 Å². The zero-order chi connectivity index (χ0) is 21.1. The Balaban J connectivity index is 0.00000392. The zero-order valence-electron chi connectivity index (χ0n) is 20.3. The zero-order valence-corrected chi connectivity index (χ0v) is 22.6. The maximum atomic E-state index is 5.20. The monoisotopic (exact) mass is 563 g/mol. The summed E-state index contributed by atoms with van der Waals surface area (Å²) in [5, 5.41) is 5.20. The van der Waals surface area contributed by atoms with Crippen molar-refractivity contribution in [2.24, 2.45) is 0 Å². The van der Waals surface area contributed by atoms with Gasteiger partial charge < -0.3 is 0 Å². The van der Waals surface area contributed by atoms with Crippen LogP contribution in [0.2, 0.25) is 0 Å². The van der Waals surface area contributed by atoms with Crippen LogP contribution in [0.1, 0.15) is 101 Å². The molecule has 0 atom stereocenters. The third-order valence-corrected chi connectivity index (χ3v) is 6.07. The summed E-state index contributed by atoms with van der Waals surface area (Å²) in [5.41, 5.74) is 12.4. The summed E-state index contributed by atoms with van der Waals surface area (Å²) in [6.07, 6.45) is 0. The quantitative estimate of drug-likeness (QED) is 0.376. The first kappa shape index (κ1) is 25.2. The molecule has 160 valence electrons. The number of benzene rings is 1. The molecule has 0 spiro atoms. The van der Waals surface area contributed by atoms with Gasteiger partial charge in [-0.15, -0.1) is 0 Å². The fourth-order valence-corrected chi connectivity index (χ4v) is 4.16. The van der Waals surface area contributed by atoms with Crippen LogP contribution in [0.4, 0.5) is 0 Å². The van der Waals surface area contributed by atoms with E-state index >= 15 is 0 Å². The Kier molecular flexibility index (Phi) is 7.27. The summed E-state index contributed by atoms with van der Waals surface area (Å²) >= 11 is 0. The molecule has 0 saturated heterocycles. The molecule has 0 unspecified atom stereocenters. The minimum atomic E-state index is -0.0128. The summed E-state index contributed by atoms with van der Waals surface area (Å²) in [6.45, 7) is 29.6. The van der Waals surface area contributed by atoms with Crippen molar-refractivity contribution in [1.29, 1.82) is 0 Å². The van der Waals surface area contributed by atoms with E-state index in [-0.39, 0.29) is 31.9 Å². The average molecular weight is 564 g/mol. The van der Waals surface area contributed by atoms with Crippen molar-refractivity contribution in [3.8, 4) is 11.1 Å². The van der Waals surface area contributed by atoms with E-state index in [2.05, 4.69) is 94.7 Å². The molecule has 0 aliphatic carbocycles. The maximum Gasteiger partial charge on any atom is 0.0759 e. The van der Waals surface area contributed by atoms with Gasteiger partial charge in [-0.05, 0) is 81.8 Å². The number of nitrogens with zero attached hydrogens (tertiary/aromatic N) is 2. The molecule has 1 aromatic heterocycles. The van der Waals surface area contributed by atoms with Crippen LogP contribution < -0.4 is 0 Å². The van der Waals surface area contributed by atoms with Crippen LogP contribution in [0.15, 0.2) is 0 Å². The maximum absolute atomic E-state index is 5.20. The van der Waals surface area contributed by atoms with Crippen LogP contribution in [-0.2, 0) is 31.9 Å². The molecular weight excluding hydrogens is 523 g/mol. The first-order valence-electron chi connectivity index (χ1n) is 10.3. The van der Waals surface area contributed by atoms with E-state index in [1.807, 2.05) is 0 Å². The molecule has 0 N–H and O–H groups in total. The van der Waals surface area contributed by atoms with Crippen molar-refractivity contribution < 1.29 is 21.1 Å². The molecule has 0 saturated carbocycles. The number of aromatic nitrogens is 2. The molecule has 0 aliphatic heterocycles. The Morgan fingerprint density at radius 1 is 0.643 bits per heavy atom. The van der Waals surface area contributed by atoms with E-state index in [0.717, 1.165) is 0 Å². The SMILES string of the molecule is Cc1c(C)c(C)c(-c2c(C(C)(C)C)nn(C(C)C)c2C(C)(C)C)c(C)c1C.[Pt]. The summed E-state index contributed by atoms with van der Waals surface area (Å²) in [4.78, 5) is 0. The molecule has 0 fully saturated rings. The van der Waals surface area contributed by atoms with Gasteiger partial charge in [0.1, 0.15) is 0 Å². The Hall–Kier alpha value is -0.882. The molecule has 3 heteroatoms. The van der Waals surface area contributed by atoms with Gasteiger partial charge in [0.05, 0.1) is 11.4 Å². The first-order valence-corrected chi connectivity index (χ1v) is 10.3. The molecule has 1 heterocycles. The summed E-state index contributed by atoms with van der Waals surface area (Å²) in [7, 11) is 0. The predicted molar refractivity (Wildman–Crippen MR) is 119 cm³/mol. The average Bonchev–Trinajstić information content (AvgIpc) is 2.92. The van der Waals surface area contributed by atoms with Crippen LogP contribution in [0.3, 0.4) is 0 Å². The topological polar surface area (TPSA) is 17.8 Å². The van der Waals surface area contributed by atoms with E-state index < -0.39 is 0 Å². The fraction of sp³-hybridized carbons (Fsp3) is 0.640.